The zero-order valence-corrected chi connectivity index (χ0v) is 15.2. The summed E-state index contributed by atoms with van der Waals surface area (Å²) in [6.07, 6.45) is 4.04. The van der Waals surface area contributed by atoms with Crippen LogP contribution in [-0.2, 0) is 6.54 Å². The van der Waals surface area contributed by atoms with Crippen LogP contribution >= 0.6 is 0 Å². The average molecular weight is 372 g/mol. The zero-order chi connectivity index (χ0) is 19.1. The second-order valence-corrected chi connectivity index (χ2v) is 7.16. The Morgan fingerprint density at radius 2 is 1.93 bits per heavy atom. The fourth-order valence-corrected chi connectivity index (χ4v) is 3.38. The van der Waals surface area contributed by atoms with Crippen LogP contribution in [-0.4, -0.2) is 19.1 Å². The van der Waals surface area contributed by atoms with Crippen LogP contribution in [0.25, 0.3) is 16.9 Å². The maximum Gasteiger partial charge on any atom is 0.335 e. The van der Waals surface area contributed by atoms with Crippen LogP contribution in [0, 0.1) is 5.92 Å². The summed E-state index contributed by atoms with van der Waals surface area (Å²) in [6, 6.07) is 17.0. The first kappa shape index (κ1) is 16.6. The van der Waals surface area contributed by atoms with E-state index in [0.717, 1.165) is 24.0 Å². The number of nitrogens with one attached hydrogen (secondary N) is 1. The standard InChI is InChI=1S/C21H20N6O/c22-15-5-4-8-17(11-15)27-19-18(26(21(27)28)13-14-9-10-14)12-23-20(25-19)24-16-6-2-1-3-7-16/h1-8,11-12,14H,9-10,13,22H2,(H,23,24,25). The number of nitrogens with two attached hydrogens (primary N) is 1. The minimum absolute atomic E-state index is 0.112. The van der Waals surface area contributed by atoms with Gasteiger partial charge in [-0.25, -0.2) is 14.3 Å². The molecule has 28 heavy (non-hydrogen) atoms. The number of para-hydroxylation sites is 1. The van der Waals surface area contributed by atoms with Crippen molar-refractivity contribution in [1.82, 2.24) is 19.1 Å². The van der Waals surface area contributed by atoms with Crippen LogP contribution in [0.1, 0.15) is 12.8 Å². The molecule has 0 unspecified atom stereocenters. The second-order valence-electron chi connectivity index (χ2n) is 7.16. The fourth-order valence-electron chi connectivity index (χ4n) is 3.38. The van der Waals surface area contributed by atoms with Gasteiger partial charge >= 0.3 is 5.69 Å². The Hall–Kier alpha value is -3.61. The first-order chi connectivity index (χ1) is 13.7. The SMILES string of the molecule is Nc1cccc(-n2c(=O)n(CC3CC3)c3cnc(Nc4ccccc4)nc32)c1. The molecule has 140 valence electrons. The number of anilines is 3. The van der Waals surface area contributed by atoms with Gasteiger partial charge in [0.15, 0.2) is 5.65 Å². The zero-order valence-electron chi connectivity index (χ0n) is 15.2. The van der Waals surface area contributed by atoms with E-state index in [9.17, 15) is 4.79 Å². The smallest absolute Gasteiger partial charge is 0.335 e. The molecule has 2 aromatic carbocycles. The molecule has 4 aromatic rings. The van der Waals surface area contributed by atoms with E-state index in [1.165, 1.54) is 0 Å². The number of fused-ring (bicyclic) bond motifs is 1. The van der Waals surface area contributed by atoms with Crippen LogP contribution in [0.4, 0.5) is 17.3 Å². The molecule has 1 fully saturated rings. The summed E-state index contributed by atoms with van der Waals surface area (Å²) < 4.78 is 3.40. The highest BCUT2D eigenvalue weighted by Crippen LogP contribution is 2.31. The van der Waals surface area contributed by atoms with Gasteiger partial charge in [-0.3, -0.25) is 4.57 Å². The molecule has 1 aliphatic rings. The maximum absolute atomic E-state index is 13.2. The molecule has 7 heteroatoms. The fraction of sp³-hybridized carbons (Fsp3) is 0.190. The quantitative estimate of drug-likeness (QED) is 0.525. The Kier molecular flexibility index (Phi) is 3.86. The minimum atomic E-state index is -0.112. The lowest BCUT2D eigenvalue weighted by atomic mass is 10.3. The highest BCUT2D eigenvalue weighted by atomic mass is 16.1. The normalized spacial score (nSPS) is 13.7. The lowest BCUT2D eigenvalue weighted by Crippen LogP contribution is -2.24. The predicted octanol–water partition coefficient (Wildman–Crippen LogP) is 3.32. The van der Waals surface area contributed by atoms with Crippen molar-refractivity contribution < 1.29 is 0 Å². The summed E-state index contributed by atoms with van der Waals surface area (Å²) in [5.74, 6) is 1.000. The van der Waals surface area contributed by atoms with Crippen LogP contribution in [0.3, 0.4) is 0 Å². The summed E-state index contributed by atoms with van der Waals surface area (Å²) in [5.41, 5.74) is 9.34. The summed E-state index contributed by atoms with van der Waals surface area (Å²) in [4.78, 5) is 22.3. The molecule has 5 rings (SSSR count). The van der Waals surface area contributed by atoms with Gasteiger partial charge in [0, 0.05) is 17.9 Å². The molecule has 3 N–H and O–H groups in total. The van der Waals surface area contributed by atoms with Crippen molar-refractivity contribution in [1.29, 1.82) is 0 Å². The molecular formula is C21H20N6O. The Balaban J connectivity index is 1.68. The topological polar surface area (TPSA) is 90.8 Å². The Morgan fingerprint density at radius 1 is 1.11 bits per heavy atom. The summed E-state index contributed by atoms with van der Waals surface area (Å²) >= 11 is 0. The summed E-state index contributed by atoms with van der Waals surface area (Å²) in [7, 11) is 0. The lowest BCUT2D eigenvalue weighted by molar-refractivity contribution is 0.616. The summed E-state index contributed by atoms with van der Waals surface area (Å²) in [6.45, 7) is 0.694. The van der Waals surface area contributed by atoms with Gasteiger partial charge in [0.05, 0.1) is 11.9 Å². The van der Waals surface area contributed by atoms with E-state index in [2.05, 4.69) is 15.3 Å². The van der Waals surface area contributed by atoms with Gasteiger partial charge in [0.25, 0.3) is 0 Å². The van der Waals surface area contributed by atoms with Crippen LogP contribution in [0.5, 0.6) is 0 Å². The molecule has 0 bridgehead atoms. The first-order valence-electron chi connectivity index (χ1n) is 9.35. The van der Waals surface area contributed by atoms with Gasteiger partial charge in [0.1, 0.15) is 5.52 Å². The molecule has 1 saturated carbocycles. The molecule has 7 nitrogen and oxygen atoms in total. The van der Waals surface area contributed by atoms with Crippen molar-refractivity contribution in [3.8, 4) is 5.69 Å². The highest BCUT2D eigenvalue weighted by Gasteiger charge is 2.26. The molecule has 0 atom stereocenters. The maximum atomic E-state index is 13.2. The van der Waals surface area contributed by atoms with Gasteiger partial charge in [0.2, 0.25) is 5.95 Å². The Bertz CT molecular complexity index is 1210. The number of nitrogen functional groups attached to an aromatic ring is 1. The third kappa shape index (κ3) is 3.00. The molecule has 0 aliphatic heterocycles. The Labute approximate surface area is 161 Å². The van der Waals surface area contributed by atoms with E-state index >= 15 is 0 Å². The number of aromatic nitrogens is 4. The second kappa shape index (κ2) is 6.53. The van der Waals surface area contributed by atoms with Gasteiger partial charge in [-0.15, -0.1) is 0 Å². The minimum Gasteiger partial charge on any atom is -0.399 e. The van der Waals surface area contributed by atoms with Crippen molar-refractivity contribution in [2.45, 2.75) is 19.4 Å². The lowest BCUT2D eigenvalue weighted by Gasteiger charge is -2.06. The third-order valence-corrected chi connectivity index (χ3v) is 4.97. The van der Waals surface area contributed by atoms with Crippen molar-refractivity contribution in [2.75, 3.05) is 11.1 Å². The molecule has 0 amide bonds. The number of nitrogens with zero attached hydrogens (tertiary/aromatic N) is 4. The third-order valence-electron chi connectivity index (χ3n) is 4.97. The number of benzene rings is 2. The molecule has 0 spiro atoms. The van der Waals surface area contributed by atoms with Crippen molar-refractivity contribution in [3.05, 3.63) is 71.3 Å². The monoisotopic (exact) mass is 372 g/mol. The molecule has 0 saturated heterocycles. The van der Waals surface area contributed by atoms with E-state index in [4.69, 9.17) is 5.73 Å². The predicted molar refractivity (Wildman–Crippen MR) is 110 cm³/mol. The largest absolute Gasteiger partial charge is 0.399 e. The van der Waals surface area contributed by atoms with Crippen molar-refractivity contribution in [2.24, 2.45) is 5.92 Å². The van der Waals surface area contributed by atoms with E-state index < -0.39 is 0 Å². The van der Waals surface area contributed by atoms with Gasteiger partial charge in [-0.05, 0) is 49.1 Å². The Morgan fingerprint density at radius 3 is 2.68 bits per heavy atom. The van der Waals surface area contributed by atoms with Crippen LogP contribution in [0.15, 0.2) is 65.6 Å². The van der Waals surface area contributed by atoms with Gasteiger partial charge in [-0.1, -0.05) is 24.3 Å². The van der Waals surface area contributed by atoms with Crippen molar-refractivity contribution >= 4 is 28.5 Å². The number of rotatable bonds is 5. The van der Waals surface area contributed by atoms with E-state index in [-0.39, 0.29) is 5.69 Å². The number of imidazole rings is 1. The van der Waals surface area contributed by atoms with E-state index in [1.807, 2.05) is 42.5 Å². The van der Waals surface area contributed by atoms with Crippen LogP contribution in [0.2, 0.25) is 0 Å². The van der Waals surface area contributed by atoms with Gasteiger partial charge < -0.3 is 11.1 Å². The van der Waals surface area contributed by atoms with E-state index in [1.54, 1.807) is 27.5 Å². The molecule has 2 heterocycles. The average Bonchev–Trinajstić information content (AvgIpc) is 3.47. The molecular weight excluding hydrogens is 352 g/mol. The van der Waals surface area contributed by atoms with Gasteiger partial charge in [-0.2, -0.15) is 4.98 Å². The summed E-state index contributed by atoms with van der Waals surface area (Å²) in [5, 5.41) is 3.20. The first-order valence-corrected chi connectivity index (χ1v) is 9.35. The number of hydrogen-bond acceptors (Lipinski definition) is 5. The highest BCUT2D eigenvalue weighted by molar-refractivity contribution is 5.75. The molecule has 0 radical (unpaired) electrons. The van der Waals surface area contributed by atoms with E-state index in [0.29, 0.717) is 35.4 Å². The number of hydrogen-bond donors (Lipinski definition) is 2. The molecule has 1 aliphatic carbocycles. The van der Waals surface area contributed by atoms with Crippen molar-refractivity contribution in [3.63, 3.8) is 0 Å². The molecule has 2 aromatic heterocycles. The van der Waals surface area contributed by atoms with Crippen LogP contribution < -0.4 is 16.7 Å².